The van der Waals surface area contributed by atoms with Gasteiger partial charge in [-0.05, 0) is 32.0 Å². The second-order valence-corrected chi connectivity index (χ2v) is 6.99. The predicted molar refractivity (Wildman–Crippen MR) is 103 cm³/mol. The molecule has 0 saturated carbocycles. The fourth-order valence-corrected chi connectivity index (χ4v) is 3.68. The number of thiazole rings is 1. The Bertz CT molecular complexity index is 730. The summed E-state index contributed by atoms with van der Waals surface area (Å²) >= 11 is 1.63. The normalized spacial score (nSPS) is 16.0. The Labute approximate surface area is 157 Å². The van der Waals surface area contributed by atoms with Crippen molar-refractivity contribution < 1.29 is 19.0 Å². The van der Waals surface area contributed by atoms with Gasteiger partial charge < -0.3 is 24.4 Å². The zero-order chi connectivity index (χ0) is 18.4. The van der Waals surface area contributed by atoms with Crippen LogP contribution in [0.1, 0.15) is 13.8 Å². The average molecular weight is 379 g/mol. The number of benzene rings is 1. The van der Waals surface area contributed by atoms with Crippen LogP contribution in [0.25, 0.3) is 10.2 Å². The van der Waals surface area contributed by atoms with Gasteiger partial charge in [-0.2, -0.15) is 0 Å². The van der Waals surface area contributed by atoms with Crippen molar-refractivity contribution >= 4 is 38.3 Å². The van der Waals surface area contributed by atoms with Gasteiger partial charge in [-0.3, -0.25) is 4.79 Å². The van der Waals surface area contributed by atoms with E-state index in [0.717, 1.165) is 47.3 Å². The second kappa shape index (κ2) is 9.27. The Morgan fingerprint density at radius 2 is 2.19 bits per heavy atom. The summed E-state index contributed by atoms with van der Waals surface area (Å²) in [6, 6.07) is 5.77. The number of amides is 1. The first-order valence-corrected chi connectivity index (χ1v) is 9.72. The van der Waals surface area contributed by atoms with Gasteiger partial charge in [0, 0.05) is 25.4 Å². The summed E-state index contributed by atoms with van der Waals surface area (Å²) < 4.78 is 17.1. The minimum atomic E-state index is -0.531. The maximum atomic E-state index is 12.3. The fourth-order valence-electron chi connectivity index (χ4n) is 2.63. The van der Waals surface area contributed by atoms with Crippen molar-refractivity contribution in [1.29, 1.82) is 0 Å². The molecule has 3 rings (SSSR count). The molecule has 2 heterocycles. The quantitative estimate of drug-likeness (QED) is 0.711. The van der Waals surface area contributed by atoms with Crippen molar-refractivity contribution in [3.8, 4) is 0 Å². The van der Waals surface area contributed by atoms with Crippen LogP contribution >= 0.6 is 11.3 Å². The Morgan fingerprint density at radius 3 is 2.96 bits per heavy atom. The van der Waals surface area contributed by atoms with E-state index in [9.17, 15) is 4.79 Å². The summed E-state index contributed by atoms with van der Waals surface area (Å²) in [4.78, 5) is 19.2. The lowest BCUT2D eigenvalue weighted by molar-refractivity contribution is -0.127. The highest BCUT2D eigenvalue weighted by Gasteiger charge is 2.17. The van der Waals surface area contributed by atoms with Crippen molar-refractivity contribution in [2.24, 2.45) is 0 Å². The van der Waals surface area contributed by atoms with Crippen LogP contribution in [0.5, 0.6) is 0 Å². The summed E-state index contributed by atoms with van der Waals surface area (Å²) in [5.74, 6) is -0.168. The SMILES string of the molecule is CCOCCOC(C)C(=O)Nc1ccc2nc(N3CCOCC3)sc2c1. The number of aromatic nitrogens is 1. The molecule has 1 aromatic carbocycles. The molecular formula is C18H25N3O4S. The van der Waals surface area contributed by atoms with Crippen molar-refractivity contribution in [3.05, 3.63) is 18.2 Å². The number of nitrogens with one attached hydrogen (secondary N) is 1. The topological polar surface area (TPSA) is 72.9 Å². The van der Waals surface area contributed by atoms with E-state index in [4.69, 9.17) is 14.2 Å². The first-order chi connectivity index (χ1) is 12.7. The van der Waals surface area contributed by atoms with Gasteiger partial charge >= 0.3 is 0 Å². The van der Waals surface area contributed by atoms with Gasteiger partial charge in [-0.15, -0.1) is 0 Å². The van der Waals surface area contributed by atoms with Crippen molar-refractivity contribution in [2.45, 2.75) is 20.0 Å². The number of ether oxygens (including phenoxy) is 3. The third kappa shape index (κ3) is 4.91. The molecule has 2 aromatic rings. The lowest BCUT2D eigenvalue weighted by Gasteiger charge is -2.25. The number of fused-ring (bicyclic) bond motifs is 1. The van der Waals surface area contributed by atoms with Crippen LogP contribution in [-0.2, 0) is 19.0 Å². The first kappa shape index (κ1) is 19.0. The van der Waals surface area contributed by atoms with E-state index in [1.807, 2.05) is 25.1 Å². The van der Waals surface area contributed by atoms with E-state index >= 15 is 0 Å². The summed E-state index contributed by atoms with van der Waals surface area (Å²) in [6.45, 7) is 8.39. The molecular weight excluding hydrogens is 354 g/mol. The van der Waals surface area contributed by atoms with Crippen LogP contribution in [0.15, 0.2) is 18.2 Å². The molecule has 0 aliphatic carbocycles. The van der Waals surface area contributed by atoms with E-state index in [0.29, 0.717) is 19.8 Å². The van der Waals surface area contributed by atoms with Crippen LogP contribution in [0, 0.1) is 0 Å². The second-order valence-electron chi connectivity index (χ2n) is 5.98. The number of anilines is 2. The standard InChI is InChI=1S/C18H25N3O4S/c1-3-23-10-11-25-13(2)17(22)19-14-4-5-15-16(12-14)26-18(20-15)21-6-8-24-9-7-21/h4-5,12-13H,3,6-11H2,1-2H3,(H,19,22). The first-order valence-electron chi connectivity index (χ1n) is 8.91. The molecule has 1 unspecified atom stereocenters. The molecule has 1 N–H and O–H groups in total. The molecule has 1 aromatic heterocycles. The highest BCUT2D eigenvalue weighted by molar-refractivity contribution is 7.22. The van der Waals surface area contributed by atoms with Crippen LogP contribution in [0.3, 0.4) is 0 Å². The molecule has 1 fully saturated rings. The Morgan fingerprint density at radius 1 is 1.38 bits per heavy atom. The maximum Gasteiger partial charge on any atom is 0.253 e. The van der Waals surface area contributed by atoms with Crippen molar-refractivity contribution in [1.82, 2.24) is 4.98 Å². The van der Waals surface area contributed by atoms with E-state index in [-0.39, 0.29) is 5.91 Å². The maximum absolute atomic E-state index is 12.3. The highest BCUT2D eigenvalue weighted by atomic mass is 32.1. The van der Waals surface area contributed by atoms with Gasteiger partial charge in [0.1, 0.15) is 6.10 Å². The minimum Gasteiger partial charge on any atom is -0.379 e. The number of carbonyl (C=O) groups is 1. The smallest absolute Gasteiger partial charge is 0.253 e. The van der Waals surface area contributed by atoms with Crippen molar-refractivity contribution in [3.63, 3.8) is 0 Å². The van der Waals surface area contributed by atoms with Crippen LogP contribution in [0.2, 0.25) is 0 Å². The molecule has 7 nitrogen and oxygen atoms in total. The van der Waals surface area contributed by atoms with Crippen molar-refractivity contribution in [2.75, 3.05) is 56.3 Å². The highest BCUT2D eigenvalue weighted by Crippen LogP contribution is 2.31. The number of hydrogen-bond donors (Lipinski definition) is 1. The van der Waals surface area contributed by atoms with E-state index in [1.54, 1.807) is 18.3 Å². The number of carbonyl (C=O) groups excluding carboxylic acids is 1. The van der Waals surface area contributed by atoms with Gasteiger partial charge in [-0.1, -0.05) is 11.3 Å². The molecule has 0 bridgehead atoms. The average Bonchev–Trinajstić information content (AvgIpc) is 3.09. The number of nitrogens with zero attached hydrogens (tertiary/aromatic N) is 2. The molecule has 1 atom stereocenters. The molecule has 142 valence electrons. The molecule has 0 spiro atoms. The predicted octanol–water partition coefficient (Wildman–Crippen LogP) is 2.51. The van der Waals surface area contributed by atoms with Gasteiger partial charge in [-0.25, -0.2) is 4.98 Å². The molecule has 1 saturated heterocycles. The lowest BCUT2D eigenvalue weighted by Crippen LogP contribution is -2.36. The van der Waals surface area contributed by atoms with E-state index in [2.05, 4.69) is 15.2 Å². The fraction of sp³-hybridized carbons (Fsp3) is 0.556. The summed E-state index contributed by atoms with van der Waals surface area (Å²) in [5, 5.41) is 3.90. The largest absolute Gasteiger partial charge is 0.379 e. The number of hydrogen-bond acceptors (Lipinski definition) is 7. The third-order valence-corrected chi connectivity index (χ3v) is 5.17. The monoisotopic (exact) mass is 379 g/mol. The summed E-state index contributed by atoms with van der Waals surface area (Å²) in [5.41, 5.74) is 1.69. The van der Waals surface area contributed by atoms with Gasteiger partial charge in [0.15, 0.2) is 5.13 Å². The van der Waals surface area contributed by atoms with E-state index < -0.39 is 6.10 Å². The Kier molecular flexibility index (Phi) is 6.79. The third-order valence-electron chi connectivity index (χ3n) is 4.10. The molecule has 1 amide bonds. The summed E-state index contributed by atoms with van der Waals surface area (Å²) in [7, 11) is 0. The molecule has 1 aliphatic heterocycles. The zero-order valence-electron chi connectivity index (χ0n) is 15.2. The molecule has 0 radical (unpaired) electrons. The van der Waals surface area contributed by atoms with Crippen LogP contribution < -0.4 is 10.2 Å². The Balaban J connectivity index is 1.60. The molecule has 26 heavy (non-hydrogen) atoms. The Hall–Kier alpha value is -1.74. The van der Waals surface area contributed by atoms with E-state index in [1.165, 1.54) is 0 Å². The van der Waals surface area contributed by atoms with Crippen LogP contribution in [-0.4, -0.2) is 63.1 Å². The number of morpholine rings is 1. The lowest BCUT2D eigenvalue weighted by atomic mass is 10.3. The van der Waals surface area contributed by atoms with Gasteiger partial charge in [0.05, 0.1) is 36.6 Å². The summed E-state index contributed by atoms with van der Waals surface area (Å²) in [6.07, 6.45) is -0.531. The number of rotatable bonds is 8. The van der Waals surface area contributed by atoms with Crippen LogP contribution in [0.4, 0.5) is 10.8 Å². The molecule has 1 aliphatic rings. The van der Waals surface area contributed by atoms with Gasteiger partial charge in [0.2, 0.25) is 0 Å². The molecule has 8 heteroatoms. The minimum absolute atomic E-state index is 0.168. The zero-order valence-corrected chi connectivity index (χ0v) is 16.0. The van der Waals surface area contributed by atoms with Gasteiger partial charge in [0.25, 0.3) is 5.91 Å².